The number of hydrogen-bond acceptors (Lipinski definition) is 1. The molecule has 0 fully saturated rings. The standard InChI is InChI=1S/C15H24FN3/c1-6-17-14(19-15(3,4)5)18-10-12-7-8-13(16)11(2)9-12/h7-9H,6,10H2,1-5H3,(H2,17,18,19). The van der Waals surface area contributed by atoms with E-state index in [1.54, 1.807) is 13.0 Å². The first-order valence-electron chi connectivity index (χ1n) is 6.63. The largest absolute Gasteiger partial charge is 0.357 e. The Hall–Kier alpha value is -1.58. The average Bonchev–Trinajstić information content (AvgIpc) is 2.29. The van der Waals surface area contributed by atoms with Crippen LogP contribution in [-0.4, -0.2) is 18.0 Å². The number of benzene rings is 1. The van der Waals surface area contributed by atoms with Crippen LogP contribution in [0, 0.1) is 12.7 Å². The van der Waals surface area contributed by atoms with Crippen molar-refractivity contribution < 1.29 is 4.39 Å². The monoisotopic (exact) mass is 265 g/mol. The predicted octanol–water partition coefficient (Wildman–Crippen LogP) is 2.99. The number of nitrogens with one attached hydrogen (secondary N) is 2. The van der Waals surface area contributed by atoms with Crippen molar-refractivity contribution in [2.75, 3.05) is 6.54 Å². The van der Waals surface area contributed by atoms with Crippen LogP contribution in [0.4, 0.5) is 4.39 Å². The van der Waals surface area contributed by atoms with Gasteiger partial charge in [-0.05, 0) is 51.8 Å². The van der Waals surface area contributed by atoms with E-state index in [0.29, 0.717) is 12.1 Å². The normalized spacial score (nSPS) is 12.4. The molecule has 0 bridgehead atoms. The molecule has 0 spiro atoms. The molecule has 0 aliphatic heterocycles. The first-order chi connectivity index (χ1) is 8.81. The van der Waals surface area contributed by atoms with Crippen LogP contribution in [0.2, 0.25) is 0 Å². The van der Waals surface area contributed by atoms with Crippen LogP contribution in [0.25, 0.3) is 0 Å². The number of rotatable bonds is 3. The predicted molar refractivity (Wildman–Crippen MR) is 78.8 cm³/mol. The molecule has 1 rings (SSSR count). The molecule has 19 heavy (non-hydrogen) atoms. The minimum absolute atomic E-state index is 0.0419. The van der Waals surface area contributed by atoms with Crippen molar-refractivity contribution in [1.29, 1.82) is 0 Å². The van der Waals surface area contributed by atoms with Crippen molar-refractivity contribution in [1.82, 2.24) is 10.6 Å². The highest BCUT2D eigenvalue weighted by molar-refractivity contribution is 5.80. The summed E-state index contributed by atoms with van der Waals surface area (Å²) in [5.41, 5.74) is 1.62. The van der Waals surface area contributed by atoms with Crippen molar-refractivity contribution in [3.8, 4) is 0 Å². The van der Waals surface area contributed by atoms with E-state index in [0.717, 1.165) is 18.1 Å². The molecule has 1 aromatic carbocycles. The minimum atomic E-state index is -0.174. The van der Waals surface area contributed by atoms with Gasteiger partial charge < -0.3 is 10.6 Å². The molecule has 0 radical (unpaired) electrons. The molecule has 2 N–H and O–H groups in total. The van der Waals surface area contributed by atoms with Gasteiger partial charge >= 0.3 is 0 Å². The second-order valence-electron chi connectivity index (χ2n) is 5.65. The van der Waals surface area contributed by atoms with E-state index in [-0.39, 0.29) is 11.4 Å². The Balaban J connectivity index is 2.76. The molecule has 0 aromatic heterocycles. The van der Waals surface area contributed by atoms with Crippen LogP contribution in [0.1, 0.15) is 38.8 Å². The average molecular weight is 265 g/mol. The van der Waals surface area contributed by atoms with E-state index in [4.69, 9.17) is 0 Å². The summed E-state index contributed by atoms with van der Waals surface area (Å²) in [6, 6.07) is 5.09. The highest BCUT2D eigenvalue weighted by atomic mass is 19.1. The topological polar surface area (TPSA) is 36.4 Å². The Bertz CT molecular complexity index is 447. The van der Waals surface area contributed by atoms with Gasteiger partial charge in [-0.2, -0.15) is 0 Å². The van der Waals surface area contributed by atoms with Crippen molar-refractivity contribution in [3.63, 3.8) is 0 Å². The molecular weight excluding hydrogens is 241 g/mol. The molecule has 0 amide bonds. The van der Waals surface area contributed by atoms with Crippen molar-refractivity contribution in [3.05, 3.63) is 35.1 Å². The third-order valence-electron chi connectivity index (χ3n) is 2.48. The summed E-state index contributed by atoms with van der Waals surface area (Å²) in [4.78, 5) is 4.51. The van der Waals surface area contributed by atoms with E-state index in [1.165, 1.54) is 6.07 Å². The summed E-state index contributed by atoms with van der Waals surface area (Å²) in [6.45, 7) is 11.4. The van der Waals surface area contributed by atoms with Crippen LogP contribution in [0.3, 0.4) is 0 Å². The van der Waals surface area contributed by atoms with Gasteiger partial charge in [0, 0.05) is 12.1 Å². The molecule has 1 aromatic rings. The number of nitrogens with zero attached hydrogens (tertiary/aromatic N) is 1. The number of hydrogen-bond donors (Lipinski definition) is 2. The fraction of sp³-hybridized carbons (Fsp3) is 0.533. The fourth-order valence-electron chi connectivity index (χ4n) is 1.64. The molecule has 0 aliphatic rings. The zero-order chi connectivity index (χ0) is 14.5. The number of halogens is 1. The Morgan fingerprint density at radius 2 is 2.00 bits per heavy atom. The van der Waals surface area contributed by atoms with Crippen LogP contribution >= 0.6 is 0 Å². The van der Waals surface area contributed by atoms with Crippen molar-refractivity contribution in [2.45, 2.75) is 46.7 Å². The van der Waals surface area contributed by atoms with E-state index in [2.05, 4.69) is 36.4 Å². The molecule has 0 unspecified atom stereocenters. The Labute approximate surface area is 115 Å². The SMILES string of the molecule is CCNC(=NCc1ccc(F)c(C)c1)NC(C)(C)C. The first kappa shape index (κ1) is 15.5. The van der Waals surface area contributed by atoms with Crippen LogP contribution in [0.15, 0.2) is 23.2 Å². The van der Waals surface area contributed by atoms with E-state index in [1.807, 2.05) is 13.0 Å². The molecule has 3 nitrogen and oxygen atoms in total. The lowest BCUT2D eigenvalue weighted by atomic mass is 10.1. The summed E-state index contributed by atoms with van der Waals surface area (Å²) in [5.74, 6) is 0.601. The van der Waals surface area contributed by atoms with Crippen molar-refractivity contribution in [2.24, 2.45) is 4.99 Å². The highest BCUT2D eigenvalue weighted by Crippen LogP contribution is 2.10. The fourth-order valence-corrected chi connectivity index (χ4v) is 1.64. The molecule has 0 atom stereocenters. The van der Waals surface area contributed by atoms with Crippen molar-refractivity contribution >= 4 is 5.96 Å². The lowest BCUT2D eigenvalue weighted by Gasteiger charge is -2.23. The van der Waals surface area contributed by atoms with Crippen LogP contribution in [-0.2, 0) is 6.54 Å². The number of guanidine groups is 1. The Kier molecular flexibility index (Phi) is 5.33. The zero-order valence-electron chi connectivity index (χ0n) is 12.5. The summed E-state index contributed by atoms with van der Waals surface area (Å²) in [6.07, 6.45) is 0. The van der Waals surface area contributed by atoms with Gasteiger partial charge in [-0.15, -0.1) is 0 Å². The summed E-state index contributed by atoms with van der Waals surface area (Å²) in [5, 5.41) is 6.52. The third kappa shape index (κ3) is 5.73. The Morgan fingerprint density at radius 1 is 1.32 bits per heavy atom. The molecule has 0 saturated heterocycles. The highest BCUT2D eigenvalue weighted by Gasteiger charge is 2.11. The minimum Gasteiger partial charge on any atom is -0.357 e. The second-order valence-corrected chi connectivity index (χ2v) is 5.65. The first-order valence-corrected chi connectivity index (χ1v) is 6.63. The summed E-state index contributed by atoms with van der Waals surface area (Å²) < 4.78 is 13.2. The summed E-state index contributed by atoms with van der Waals surface area (Å²) in [7, 11) is 0. The maximum absolute atomic E-state index is 13.2. The number of aryl methyl sites for hydroxylation is 1. The maximum atomic E-state index is 13.2. The lowest BCUT2D eigenvalue weighted by molar-refractivity contribution is 0.501. The maximum Gasteiger partial charge on any atom is 0.191 e. The van der Waals surface area contributed by atoms with Gasteiger partial charge in [0.05, 0.1) is 6.54 Å². The van der Waals surface area contributed by atoms with E-state index < -0.39 is 0 Å². The molecular formula is C15H24FN3. The molecule has 0 saturated carbocycles. The molecule has 4 heteroatoms. The van der Waals surface area contributed by atoms with Gasteiger partial charge in [0.1, 0.15) is 5.82 Å². The van der Waals surface area contributed by atoms with Gasteiger partial charge in [-0.1, -0.05) is 12.1 Å². The van der Waals surface area contributed by atoms with Gasteiger partial charge in [0.15, 0.2) is 5.96 Å². The summed E-state index contributed by atoms with van der Waals surface area (Å²) >= 11 is 0. The number of aliphatic imine (C=N–C) groups is 1. The molecule has 106 valence electrons. The Morgan fingerprint density at radius 3 is 2.53 bits per heavy atom. The smallest absolute Gasteiger partial charge is 0.191 e. The van der Waals surface area contributed by atoms with E-state index in [9.17, 15) is 4.39 Å². The zero-order valence-corrected chi connectivity index (χ0v) is 12.5. The third-order valence-corrected chi connectivity index (χ3v) is 2.48. The lowest BCUT2D eigenvalue weighted by Crippen LogP contribution is -2.47. The van der Waals surface area contributed by atoms with E-state index >= 15 is 0 Å². The molecule has 0 heterocycles. The second kappa shape index (κ2) is 6.55. The van der Waals surface area contributed by atoms with Gasteiger partial charge in [0.25, 0.3) is 0 Å². The van der Waals surface area contributed by atoms with Gasteiger partial charge in [0.2, 0.25) is 0 Å². The van der Waals surface area contributed by atoms with Crippen LogP contribution in [0.5, 0.6) is 0 Å². The van der Waals surface area contributed by atoms with Gasteiger partial charge in [-0.3, -0.25) is 0 Å². The van der Waals surface area contributed by atoms with Gasteiger partial charge in [-0.25, -0.2) is 9.38 Å². The van der Waals surface area contributed by atoms with Crippen LogP contribution < -0.4 is 10.6 Å². The molecule has 0 aliphatic carbocycles. The quantitative estimate of drug-likeness (QED) is 0.651.